The minimum absolute atomic E-state index is 0.102. The Hall–Kier alpha value is -2.06. The molecule has 21 heavy (non-hydrogen) atoms. The molecule has 0 fully saturated rings. The first-order valence-corrected chi connectivity index (χ1v) is 6.45. The Balaban J connectivity index is 2.84. The lowest BCUT2D eigenvalue weighted by Crippen LogP contribution is -2.46. The molecule has 0 saturated heterocycles. The monoisotopic (exact) mass is 296 g/mol. The molecule has 1 N–H and O–H groups in total. The molecule has 0 aliphatic carbocycles. The number of nitro groups is 2. The molecule has 0 aliphatic heterocycles. The molecule has 0 unspecified atom stereocenters. The Kier molecular flexibility index (Phi) is 5.34. The van der Waals surface area contributed by atoms with Crippen molar-refractivity contribution >= 4 is 11.4 Å². The number of benzene rings is 1. The van der Waals surface area contributed by atoms with Gasteiger partial charge >= 0.3 is 0 Å². The minimum atomic E-state index is -0.640. The van der Waals surface area contributed by atoms with Crippen molar-refractivity contribution in [2.75, 3.05) is 20.6 Å². The van der Waals surface area contributed by atoms with Gasteiger partial charge in [-0.25, -0.2) is 0 Å². The number of likely N-dealkylation sites (N-methyl/N-ethyl adjacent to an activating group) is 1. The minimum Gasteiger partial charge on any atom is -0.311 e. The van der Waals surface area contributed by atoms with E-state index in [1.807, 2.05) is 32.8 Å². The van der Waals surface area contributed by atoms with Crippen LogP contribution < -0.4 is 5.32 Å². The fourth-order valence-corrected chi connectivity index (χ4v) is 1.65. The van der Waals surface area contributed by atoms with Crippen molar-refractivity contribution in [1.29, 1.82) is 0 Å². The summed E-state index contributed by atoms with van der Waals surface area (Å²) in [6.07, 6.45) is 0. The summed E-state index contributed by atoms with van der Waals surface area (Å²) >= 11 is 0. The van der Waals surface area contributed by atoms with Crippen molar-refractivity contribution in [2.24, 2.45) is 0 Å². The molecule has 0 spiro atoms. The lowest BCUT2D eigenvalue weighted by Gasteiger charge is -2.32. The van der Waals surface area contributed by atoms with E-state index >= 15 is 0 Å². The standard InChI is InChI=1S/C13H20N4O4/c1-13(2,15(3)4)9-14-8-10-5-6-11(16(18)19)7-12(10)17(20)21/h5-7,14H,8-9H2,1-4H3. The van der Waals surface area contributed by atoms with Crippen LogP contribution in [0.2, 0.25) is 0 Å². The van der Waals surface area contributed by atoms with Gasteiger partial charge in [0.15, 0.2) is 0 Å². The van der Waals surface area contributed by atoms with Gasteiger partial charge in [-0.2, -0.15) is 0 Å². The smallest absolute Gasteiger partial charge is 0.280 e. The van der Waals surface area contributed by atoms with E-state index in [0.717, 1.165) is 6.07 Å². The van der Waals surface area contributed by atoms with Gasteiger partial charge in [0, 0.05) is 30.3 Å². The second-order valence-electron chi connectivity index (χ2n) is 5.64. The first kappa shape index (κ1) is 17.0. The second kappa shape index (κ2) is 6.59. The zero-order chi connectivity index (χ0) is 16.2. The van der Waals surface area contributed by atoms with Crippen molar-refractivity contribution < 1.29 is 9.85 Å². The highest BCUT2D eigenvalue weighted by Crippen LogP contribution is 2.24. The Morgan fingerprint density at radius 2 is 1.81 bits per heavy atom. The van der Waals surface area contributed by atoms with Crippen LogP contribution >= 0.6 is 0 Å². The van der Waals surface area contributed by atoms with E-state index in [2.05, 4.69) is 5.32 Å². The molecule has 0 heterocycles. The van der Waals surface area contributed by atoms with E-state index in [-0.39, 0.29) is 23.5 Å². The lowest BCUT2D eigenvalue weighted by molar-refractivity contribution is -0.394. The summed E-state index contributed by atoms with van der Waals surface area (Å²) in [5.74, 6) is 0. The van der Waals surface area contributed by atoms with E-state index in [1.54, 1.807) is 0 Å². The molecule has 1 rings (SSSR count). The van der Waals surface area contributed by atoms with E-state index in [1.165, 1.54) is 12.1 Å². The SMILES string of the molecule is CN(C)C(C)(C)CNCc1ccc([N+](=O)[O-])cc1[N+](=O)[O-]. The van der Waals surface area contributed by atoms with Gasteiger partial charge in [-0.15, -0.1) is 0 Å². The number of non-ortho nitro benzene ring substituents is 1. The maximum absolute atomic E-state index is 11.0. The fraction of sp³-hybridized carbons (Fsp3) is 0.538. The van der Waals surface area contributed by atoms with Crippen molar-refractivity contribution in [3.05, 3.63) is 44.0 Å². The van der Waals surface area contributed by atoms with Crippen LogP contribution in [-0.2, 0) is 6.54 Å². The van der Waals surface area contributed by atoms with Crippen molar-refractivity contribution in [1.82, 2.24) is 10.2 Å². The van der Waals surface area contributed by atoms with Crippen LogP contribution in [0, 0.1) is 20.2 Å². The molecule has 0 amide bonds. The third kappa shape index (κ3) is 4.47. The fourth-order valence-electron chi connectivity index (χ4n) is 1.65. The molecule has 116 valence electrons. The van der Waals surface area contributed by atoms with Gasteiger partial charge in [0.05, 0.1) is 15.9 Å². The molecule has 0 aliphatic rings. The van der Waals surface area contributed by atoms with Gasteiger partial charge in [-0.05, 0) is 34.0 Å². The molecule has 0 aromatic heterocycles. The first-order valence-electron chi connectivity index (χ1n) is 6.45. The first-order chi connectivity index (χ1) is 9.65. The third-order valence-electron chi connectivity index (χ3n) is 3.56. The third-order valence-corrected chi connectivity index (χ3v) is 3.56. The molecule has 8 nitrogen and oxygen atoms in total. The summed E-state index contributed by atoms with van der Waals surface area (Å²) in [7, 11) is 3.91. The van der Waals surface area contributed by atoms with Crippen LogP contribution in [0.3, 0.4) is 0 Å². The zero-order valence-electron chi connectivity index (χ0n) is 12.6. The van der Waals surface area contributed by atoms with E-state index < -0.39 is 9.85 Å². The summed E-state index contributed by atoms with van der Waals surface area (Å²) in [5, 5.41) is 24.8. The van der Waals surface area contributed by atoms with Crippen molar-refractivity contribution in [2.45, 2.75) is 25.9 Å². The van der Waals surface area contributed by atoms with Crippen molar-refractivity contribution in [3.8, 4) is 0 Å². The molecule has 0 radical (unpaired) electrons. The topological polar surface area (TPSA) is 102 Å². The number of rotatable bonds is 7. The molecule has 0 atom stereocenters. The molecule has 1 aromatic rings. The summed E-state index contributed by atoms with van der Waals surface area (Å²) in [5.41, 5.74) is -0.186. The van der Waals surface area contributed by atoms with Crippen LogP contribution in [0.1, 0.15) is 19.4 Å². The molecule has 0 bridgehead atoms. The Morgan fingerprint density at radius 3 is 2.29 bits per heavy atom. The van der Waals surface area contributed by atoms with Crippen LogP contribution in [0.5, 0.6) is 0 Å². The van der Waals surface area contributed by atoms with Gasteiger partial charge in [0.1, 0.15) is 0 Å². The predicted molar refractivity (Wildman–Crippen MR) is 79.2 cm³/mol. The van der Waals surface area contributed by atoms with Gasteiger partial charge in [0.25, 0.3) is 11.4 Å². The predicted octanol–water partition coefficient (Wildman–Crippen LogP) is 1.93. The van der Waals surface area contributed by atoms with Crippen LogP contribution in [0.4, 0.5) is 11.4 Å². The summed E-state index contributed by atoms with van der Waals surface area (Å²) < 4.78 is 0. The van der Waals surface area contributed by atoms with E-state index in [0.29, 0.717) is 12.1 Å². The highest BCUT2D eigenvalue weighted by molar-refractivity contribution is 5.49. The molecule has 8 heteroatoms. The molecular weight excluding hydrogens is 276 g/mol. The van der Waals surface area contributed by atoms with Gasteiger partial charge < -0.3 is 10.2 Å². The van der Waals surface area contributed by atoms with Crippen molar-refractivity contribution in [3.63, 3.8) is 0 Å². The van der Waals surface area contributed by atoms with Crippen LogP contribution in [0.15, 0.2) is 18.2 Å². The molecule has 1 aromatic carbocycles. The number of nitrogens with zero attached hydrogens (tertiary/aromatic N) is 3. The number of nitro benzene ring substituents is 2. The second-order valence-corrected chi connectivity index (χ2v) is 5.64. The molecule has 0 saturated carbocycles. The largest absolute Gasteiger partial charge is 0.311 e. The van der Waals surface area contributed by atoms with E-state index in [9.17, 15) is 20.2 Å². The summed E-state index contributed by atoms with van der Waals surface area (Å²) in [4.78, 5) is 22.5. The maximum Gasteiger partial charge on any atom is 0.280 e. The Bertz CT molecular complexity index is 543. The zero-order valence-corrected chi connectivity index (χ0v) is 12.6. The number of hydrogen-bond donors (Lipinski definition) is 1. The van der Waals surface area contributed by atoms with Crippen LogP contribution in [0.25, 0.3) is 0 Å². The van der Waals surface area contributed by atoms with Gasteiger partial charge in [0.2, 0.25) is 0 Å². The van der Waals surface area contributed by atoms with Gasteiger partial charge in [-0.1, -0.05) is 0 Å². The normalized spacial score (nSPS) is 11.7. The average molecular weight is 296 g/mol. The lowest BCUT2D eigenvalue weighted by atomic mass is 10.0. The quantitative estimate of drug-likeness (QED) is 0.609. The van der Waals surface area contributed by atoms with Gasteiger partial charge in [-0.3, -0.25) is 20.2 Å². The average Bonchev–Trinajstić information content (AvgIpc) is 2.38. The highest BCUT2D eigenvalue weighted by atomic mass is 16.6. The Labute approximate surface area is 123 Å². The maximum atomic E-state index is 11.0. The number of nitrogens with one attached hydrogen (secondary N) is 1. The number of hydrogen-bond acceptors (Lipinski definition) is 6. The Morgan fingerprint density at radius 1 is 1.19 bits per heavy atom. The van der Waals surface area contributed by atoms with Crippen LogP contribution in [-0.4, -0.2) is 40.9 Å². The molecular formula is C13H20N4O4. The van der Waals surface area contributed by atoms with E-state index in [4.69, 9.17) is 0 Å². The highest BCUT2D eigenvalue weighted by Gasteiger charge is 2.22. The summed E-state index contributed by atoms with van der Waals surface area (Å²) in [6.45, 7) is 5.01. The summed E-state index contributed by atoms with van der Waals surface area (Å²) in [6, 6.07) is 3.70.